The van der Waals surface area contributed by atoms with E-state index in [-0.39, 0.29) is 48.0 Å². The second kappa shape index (κ2) is 10.6. The van der Waals surface area contributed by atoms with Crippen molar-refractivity contribution in [2.24, 2.45) is 0 Å². The molecule has 3 heterocycles. The number of piperidine rings is 1. The van der Waals surface area contributed by atoms with Crippen molar-refractivity contribution in [3.8, 4) is 0 Å². The molecule has 0 spiro atoms. The highest BCUT2D eigenvalue weighted by molar-refractivity contribution is 6.01. The van der Waals surface area contributed by atoms with Gasteiger partial charge in [0.2, 0.25) is 5.91 Å². The summed E-state index contributed by atoms with van der Waals surface area (Å²) >= 11 is 0. The van der Waals surface area contributed by atoms with Gasteiger partial charge in [-0.1, -0.05) is 18.6 Å². The van der Waals surface area contributed by atoms with Crippen LogP contribution in [0.2, 0.25) is 0 Å². The number of hydrogen-bond acceptors (Lipinski definition) is 5. The van der Waals surface area contributed by atoms with Crippen LogP contribution in [-0.4, -0.2) is 76.1 Å². The number of amides is 3. The Morgan fingerprint density at radius 1 is 1.11 bits per heavy atom. The lowest BCUT2D eigenvalue weighted by Gasteiger charge is -2.40. The van der Waals surface area contributed by atoms with Crippen LogP contribution in [0.15, 0.2) is 30.3 Å². The molecule has 0 radical (unpaired) electrons. The topological polar surface area (TPSA) is 99.6 Å². The fourth-order valence-electron chi connectivity index (χ4n) is 4.59. The predicted molar refractivity (Wildman–Crippen MR) is 128 cm³/mol. The number of halogens is 1. The highest BCUT2D eigenvalue weighted by Crippen LogP contribution is 2.26. The minimum Gasteiger partial charge on any atom is -0.351 e. The first-order valence-corrected chi connectivity index (χ1v) is 12.2. The van der Waals surface area contributed by atoms with Crippen LogP contribution in [0.1, 0.15) is 59.1 Å². The summed E-state index contributed by atoms with van der Waals surface area (Å²) < 4.78 is 14.6. The molecule has 9 nitrogen and oxygen atoms in total. The summed E-state index contributed by atoms with van der Waals surface area (Å²) in [7, 11) is 1.57. The smallest absolute Gasteiger partial charge is 0.272 e. The van der Waals surface area contributed by atoms with Crippen molar-refractivity contribution in [3.63, 3.8) is 0 Å². The second-order valence-corrected chi connectivity index (χ2v) is 9.53. The van der Waals surface area contributed by atoms with E-state index in [0.29, 0.717) is 6.54 Å². The van der Waals surface area contributed by atoms with Crippen LogP contribution >= 0.6 is 0 Å². The highest BCUT2D eigenvalue weighted by atomic mass is 19.1. The zero-order valence-corrected chi connectivity index (χ0v) is 20.3. The van der Waals surface area contributed by atoms with Gasteiger partial charge in [0.15, 0.2) is 5.69 Å². The second-order valence-electron chi connectivity index (χ2n) is 9.53. The normalized spacial score (nSPS) is 20.4. The van der Waals surface area contributed by atoms with Gasteiger partial charge in [-0.05, 0) is 63.5 Å². The number of rotatable bonds is 8. The van der Waals surface area contributed by atoms with E-state index >= 15 is 0 Å². The molecule has 1 fully saturated rings. The van der Waals surface area contributed by atoms with Crippen LogP contribution in [-0.2, 0) is 17.9 Å². The van der Waals surface area contributed by atoms with Crippen molar-refractivity contribution in [1.82, 2.24) is 30.2 Å². The highest BCUT2D eigenvalue weighted by Gasteiger charge is 2.46. The van der Waals surface area contributed by atoms with Gasteiger partial charge >= 0.3 is 0 Å². The summed E-state index contributed by atoms with van der Waals surface area (Å²) in [5.74, 6) is -1.42. The summed E-state index contributed by atoms with van der Waals surface area (Å²) in [6.07, 6.45) is 4.62. The van der Waals surface area contributed by atoms with Gasteiger partial charge in [-0.3, -0.25) is 19.1 Å². The summed E-state index contributed by atoms with van der Waals surface area (Å²) in [5.41, 5.74) is -0.0177. The molecule has 0 bridgehead atoms. The van der Waals surface area contributed by atoms with Crippen molar-refractivity contribution in [2.45, 2.75) is 51.2 Å². The van der Waals surface area contributed by atoms with Crippen LogP contribution in [0.5, 0.6) is 0 Å². The molecule has 0 saturated carbocycles. The third-order valence-corrected chi connectivity index (χ3v) is 6.98. The Kier molecular flexibility index (Phi) is 7.49. The summed E-state index contributed by atoms with van der Waals surface area (Å²) in [6, 6.07) is 7.33. The van der Waals surface area contributed by atoms with Crippen molar-refractivity contribution < 1.29 is 18.8 Å². The molecule has 3 amide bonds. The van der Waals surface area contributed by atoms with Gasteiger partial charge in [0.05, 0.1) is 6.54 Å². The molecule has 1 aromatic carbocycles. The fourth-order valence-corrected chi connectivity index (χ4v) is 4.59. The SMILES string of the molecule is CN1C(=O)c2cc(C(=O)NCCCN3CCCCC3)nn2CC1(C)C(=O)NCc1ccc(F)cc1. The number of likely N-dealkylation sites (N-methyl/N-ethyl adjacent to an activating group) is 1. The van der Waals surface area contributed by atoms with E-state index in [0.717, 1.165) is 31.6 Å². The van der Waals surface area contributed by atoms with Gasteiger partial charge in [0, 0.05) is 26.2 Å². The zero-order valence-electron chi connectivity index (χ0n) is 20.3. The van der Waals surface area contributed by atoms with E-state index in [2.05, 4.69) is 20.6 Å². The Morgan fingerprint density at radius 2 is 1.83 bits per heavy atom. The molecule has 1 atom stereocenters. The van der Waals surface area contributed by atoms with E-state index in [1.807, 2.05) is 0 Å². The Hall–Kier alpha value is -3.27. The Balaban J connectivity index is 1.36. The molecule has 2 N–H and O–H groups in total. The van der Waals surface area contributed by atoms with Gasteiger partial charge in [0.25, 0.3) is 11.8 Å². The molecule has 1 saturated heterocycles. The molecule has 2 aliphatic rings. The van der Waals surface area contributed by atoms with E-state index in [4.69, 9.17) is 0 Å². The number of fused-ring (bicyclic) bond motifs is 1. The first-order chi connectivity index (χ1) is 16.8. The van der Waals surface area contributed by atoms with Gasteiger partial charge in [-0.25, -0.2) is 4.39 Å². The zero-order chi connectivity index (χ0) is 25.0. The maximum atomic E-state index is 13.1. The maximum absolute atomic E-state index is 13.1. The largest absolute Gasteiger partial charge is 0.351 e. The number of nitrogens with zero attached hydrogens (tertiary/aromatic N) is 4. The molecule has 4 rings (SSSR count). The average molecular weight is 485 g/mol. The first kappa shape index (κ1) is 24.8. The van der Waals surface area contributed by atoms with Gasteiger partial charge in [-0.2, -0.15) is 5.10 Å². The van der Waals surface area contributed by atoms with E-state index < -0.39 is 5.54 Å². The lowest BCUT2D eigenvalue weighted by molar-refractivity contribution is -0.132. The molecule has 1 aromatic heterocycles. The third-order valence-electron chi connectivity index (χ3n) is 6.98. The molecule has 2 aromatic rings. The van der Waals surface area contributed by atoms with Gasteiger partial charge in [0.1, 0.15) is 17.1 Å². The van der Waals surface area contributed by atoms with E-state index in [1.165, 1.54) is 47.0 Å². The molecule has 1 unspecified atom stereocenters. The summed E-state index contributed by atoms with van der Waals surface area (Å²) in [4.78, 5) is 42.5. The number of carbonyl (C=O) groups is 3. The molecular weight excluding hydrogens is 451 g/mol. The molecule has 35 heavy (non-hydrogen) atoms. The van der Waals surface area contributed by atoms with Crippen molar-refractivity contribution >= 4 is 17.7 Å². The standard InChI is InChI=1S/C25H33FN6O3/c1-25(24(35)28-16-18-7-9-19(26)10-8-18)17-32-21(23(34)30(25)2)15-20(29-32)22(33)27-11-6-14-31-12-4-3-5-13-31/h7-10,15H,3-6,11-14,16-17H2,1-2H3,(H,27,33)(H,28,35). The van der Waals surface area contributed by atoms with Crippen molar-refractivity contribution in [1.29, 1.82) is 0 Å². The number of carbonyl (C=O) groups excluding carboxylic acids is 3. The summed E-state index contributed by atoms with van der Waals surface area (Å²) in [6.45, 7) is 5.70. The number of hydrogen-bond donors (Lipinski definition) is 2. The Labute approximate surface area is 204 Å². The molecule has 188 valence electrons. The Morgan fingerprint density at radius 3 is 2.54 bits per heavy atom. The van der Waals surface area contributed by atoms with Crippen LogP contribution in [0.3, 0.4) is 0 Å². The van der Waals surface area contributed by atoms with Crippen LogP contribution < -0.4 is 10.6 Å². The van der Waals surface area contributed by atoms with Crippen LogP contribution in [0.4, 0.5) is 4.39 Å². The number of nitrogens with one attached hydrogen (secondary N) is 2. The molecule has 0 aliphatic carbocycles. The van der Waals surface area contributed by atoms with Crippen LogP contribution in [0, 0.1) is 5.82 Å². The van der Waals surface area contributed by atoms with E-state index in [1.54, 1.807) is 26.1 Å². The average Bonchev–Trinajstić information content (AvgIpc) is 3.29. The quantitative estimate of drug-likeness (QED) is 0.557. The molecule has 10 heteroatoms. The lowest BCUT2D eigenvalue weighted by Crippen LogP contribution is -2.62. The Bertz CT molecular complexity index is 1080. The monoisotopic (exact) mass is 484 g/mol. The maximum Gasteiger partial charge on any atom is 0.272 e. The first-order valence-electron chi connectivity index (χ1n) is 12.2. The van der Waals surface area contributed by atoms with Gasteiger partial charge < -0.3 is 20.4 Å². The van der Waals surface area contributed by atoms with Crippen molar-refractivity contribution in [3.05, 3.63) is 53.1 Å². The number of aromatic nitrogens is 2. The minimum atomic E-state index is -1.20. The molecule has 2 aliphatic heterocycles. The fraction of sp³-hybridized carbons (Fsp3) is 0.520. The lowest BCUT2D eigenvalue weighted by atomic mass is 9.96. The molecular formula is C25H33FN6O3. The third kappa shape index (κ3) is 5.53. The number of likely N-dealkylation sites (tertiary alicyclic amines) is 1. The van der Waals surface area contributed by atoms with E-state index in [9.17, 15) is 18.8 Å². The van der Waals surface area contributed by atoms with Crippen molar-refractivity contribution in [2.75, 3.05) is 33.2 Å². The van der Waals surface area contributed by atoms with Gasteiger partial charge in [-0.15, -0.1) is 0 Å². The summed E-state index contributed by atoms with van der Waals surface area (Å²) in [5, 5.41) is 10.0. The number of benzene rings is 1. The minimum absolute atomic E-state index is 0.113. The predicted octanol–water partition coefficient (Wildman–Crippen LogP) is 1.79. The van der Waals surface area contributed by atoms with Crippen LogP contribution in [0.25, 0.3) is 0 Å².